The Labute approximate surface area is 270 Å². The van der Waals surface area contributed by atoms with E-state index in [4.69, 9.17) is 0 Å². The van der Waals surface area contributed by atoms with Crippen LogP contribution in [0.1, 0.15) is 41.6 Å². The van der Waals surface area contributed by atoms with Crippen LogP contribution in [0.3, 0.4) is 0 Å². The van der Waals surface area contributed by atoms with Crippen LogP contribution < -0.4 is 10.1 Å². The summed E-state index contributed by atoms with van der Waals surface area (Å²) in [5.41, 5.74) is 4.19. The third-order valence-corrected chi connectivity index (χ3v) is 9.16. The van der Waals surface area contributed by atoms with Gasteiger partial charge in [0.25, 0.3) is 5.91 Å². The molecule has 2 atom stereocenters. The second-order valence-electron chi connectivity index (χ2n) is 12.1. The minimum atomic E-state index is -2.89. The molecule has 11 nitrogen and oxygen atoms in total. The number of aryl methyl sites for hydroxylation is 1. The topological polar surface area (TPSA) is 133 Å². The third kappa shape index (κ3) is 7.05. The molecule has 2 amide bonds. The number of anilines is 2. The van der Waals surface area contributed by atoms with Crippen molar-refractivity contribution >= 4 is 29.0 Å². The maximum atomic E-state index is 13.5. The molecule has 2 aliphatic rings. The summed E-state index contributed by atoms with van der Waals surface area (Å²) in [7, 11) is 0. The van der Waals surface area contributed by atoms with E-state index < -0.39 is 12.7 Å². The van der Waals surface area contributed by atoms with Crippen molar-refractivity contribution in [1.82, 2.24) is 24.2 Å². The number of likely N-dealkylation sites (tertiary alicyclic amines) is 2. The van der Waals surface area contributed by atoms with Crippen LogP contribution in [0, 0.1) is 18.8 Å². The number of carbonyl (C=O) groups is 2. The highest BCUT2D eigenvalue weighted by atomic mass is 19.3. The molecule has 0 radical (unpaired) electrons. The highest BCUT2D eigenvalue weighted by Crippen LogP contribution is 2.29. The first-order valence-corrected chi connectivity index (χ1v) is 15.8. The number of imidazole rings is 1. The minimum Gasteiger partial charge on any atom is -0.435 e. The highest BCUT2D eigenvalue weighted by molar-refractivity contribution is 5.96. The van der Waals surface area contributed by atoms with E-state index in [2.05, 4.69) is 20.0 Å². The Balaban J connectivity index is 1.08. The molecule has 1 unspecified atom stereocenters. The summed E-state index contributed by atoms with van der Waals surface area (Å²) >= 11 is 0. The van der Waals surface area contributed by atoms with Crippen LogP contribution in [-0.4, -0.2) is 91.7 Å². The summed E-state index contributed by atoms with van der Waals surface area (Å²) in [5, 5.41) is 22.8. The molecule has 6 rings (SSSR count). The van der Waals surface area contributed by atoms with E-state index in [9.17, 15) is 28.6 Å². The van der Waals surface area contributed by atoms with Gasteiger partial charge in [-0.3, -0.25) is 14.0 Å². The van der Waals surface area contributed by atoms with Crippen molar-refractivity contribution in [2.45, 2.75) is 45.3 Å². The zero-order chi connectivity index (χ0) is 33.1. The highest BCUT2D eigenvalue weighted by Gasteiger charge is 2.35. The van der Waals surface area contributed by atoms with Crippen LogP contribution in [0.5, 0.6) is 5.75 Å². The molecule has 13 heteroatoms. The molecule has 3 N–H and O–H groups in total. The Morgan fingerprint density at radius 2 is 1.79 bits per heavy atom. The summed E-state index contributed by atoms with van der Waals surface area (Å²) < 4.78 is 31.4. The number of hydrogen-bond acceptors (Lipinski definition) is 8. The molecule has 2 saturated heterocycles. The SMILES string of the molecule is Cc1cc(Nc2nccn3c(-c4ccc(OC(F)F)cc4)cnc23)ccc1C(=O)N1CCC(C(=O)N2CC[C@H](O)C(CCO)C2)CC1. The van der Waals surface area contributed by atoms with Crippen molar-refractivity contribution in [1.29, 1.82) is 0 Å². The Bertz CT molecular complexity index is 1720. The fourth-order valence-corrected chi connectivity index (χ4v) is 6.57. The van der Waals surface area contributed by atoms with Gasteiger partial charge in [0, 0.05) is 73.8 Å². The fraction of sp³-hybridized carbons (Fsp3) is 0.412. The predicted molar refractivity (Wildman–Crippen MR) is 171 cm³/mol. The number of fused-ring (bicyclic) bond motifs is 1. The number of ether oxygens (including phenoxy) is 1. The molecule has 0 spiro atoms. The number of halogens is 2. The quantitative estimate of drug-likeness (QED) is 0.242. The van der Waals surface area contributed by atoms with E-state index in [-0.39, 0.29) is 36.0 Å². The number of piperidine rings is 2. The van der Waals surface area contributed by atoms with Gasteiger partial charge < -0.3 is 30.1 Å². The molecule has 2 aliphatic heterocycles. The second-order valence-corrected chi connectivity index (χ2v) is 12.1. The fourth-order valence-electron chi connectivity index (χ4n) is 6.57. The van der Waals surface area contributed by atoms with E-state index in [1.807, 2.05) is 28.4 Å². The van der Waals surface area contributed by atoms with Crippen LogP contribution >= 0.6 is 0 Å². The number of nitrogens with one attached hydrogen (secondary N) is 1. The van der Waals surface area contributed by atoms with E-state index in [1.165, 1.54) is 12.1 Å². The monoisotopic (exact) mass is 648 g/mol. The number of rotatable bonds is 9. The normalized spacial score (nSPS) is 18.9. The van der Waals surface area contributed by atoms with Crippen LogP contribution in [0.25, 0.3) is 16.9 Å². The van der Waals surface area contributed by atoms with Crippen molar-refractivity contribution in [3.8, 4) is 17.0 Å². The number of alkyl halides is 2. The molecule has 4 aromatic rings. The number of aromatic nitrogens is 3. The van der Waals surface area contributed by atoms with Gasteiger partial charge in [0.05, 0.1) is 18.0 Å². The summed E-state index contributed by atoms with van der Waals surface area (Å²) in [6.07, 6.45) is 6.75. The first-order valence-electron chi connectivity index (χ1n) is 15.8. The predicted octanol–water partition coefficient (Wildman–Crippen LogP) is 4.49. The maximum absolute atomic E-state index is 13.5. The van der Waals surface area contributed by atoms with E-state index in [1.54, 1.807) is 41.7 Å². The van der Waals surface area contributed by atoms with Crippen molar-refractivity contribution in [2.24, 2.45) is 11.8 Å². The van der Waals surface area contributed by atoms with Gasteiger partial charge in [0.15, 0.2) is 11.5 Å². The van der Waals surface area contributed by atoms with Gasteiger partial charge >= 0.3 is 6.61 Å². The summed E-state index contributed by atoms with van der Waals surface area (Å²) in [5.74, 6) is 0.308. The smallest absolute Gasteiger partial charge is 0.387 e. The first kappa shape index (κ1) is 32.3. The maximum Gasteiger partial charge on any atom is 0.387 e. The van der Waals surface area contributed by atoms with Crippen LogP contribution in [-0.2, 0) is 4.79 Å². The van der Waals surface area contributed by atoms with Crippen molar-refractivity contribution in [2.75, 3.05) is 38.1 Å². The van der Waals surface area contributed by atoms with E-state index in [0.717, 1.165) is 22.5 Å². The first-order chi connectivity index (χ1) is 22.7. The van der Waals surface area contributed by atoms with E-state index in [0.29, 0.717) is 68.9 Å². The molecular weight excluding hydrogens is 610 g/mol. The number of aliphatic hydroxyl groups excluding tert-OH is 2. The number of nitrogens with zero attached hydrogens (tertiary/aromatic N) is 5. The van der Waals surface area contributed by atoms with Gasteiger partial charge in [-0.25, -0.2) is 9.97 Å². The molecular formula is C34H38F2N6O5. The van der Waals surface area contributed by atoms with Crippen molar-refractivity contribution in [3.05, 3.63) is 72.2 Å². The zero-order valence-corrected chi connectivity index (χ0v) is 26.1. The van der Waals surface area contributed by atoms with Gasteiger partial charge in [-0.1, -0.05) is 0 Å². The lowest BCUT2D eigenvalue weighted by Gasteiger charge is -2.39. The molecule has 0 aliphatic carbocycles. The number of amides is 2. The molecule has 0 saturated carbocycles. The molecule has 4 heterocycles. The Morgan fingerprint density at radius 3 is 2.49 bits per heavy atom. The largest absolute Gasteiger partial charge is 0.435 e. The molecule has 2 aromatic carbocycles. The number of benzene rings is 2. The van der Waals surface area contributed by atoms with Crippen molar-refractivity contribution in [3.63, 3.8) is 0 Å². The summed E-state index contributed by atoms with van der Waals surface area (Å²) in [4.78, 5) is 39.3. The number of aliphatic hydroxyl groups is 2. The summed E-state index contributed by atoms with van der Waals surface area (Å²) in [6.45, 7) is 0.925. The van der Waals surface area contributed by atoms with Crippen molar-refractivity contribution < 1.29 is 33.3 Å². The lowest BCUT2D eigenvalue weighted by molar-refractivity contribution is -0.141. The van der Waals surface area contributed by atoms with Crippen LogP contribution in [0.15, 0.2) is 61.1 Å². The number of carbonyl (C=O) groups excluding carboxylic acids is 2. The molecule has 47 heavy (non-hydrogen) atoms. The third-order valence-electron chi connectivity index (χ3n) is 9.16. The lowest BCUT2D eigenvalue weighted by Crippen LogP contribution is -2.50. The van der Waals surface area contributed by atoms with Gasteiger partial charge in [-0.2, -0.15) is 8.78 Å². The van der Waals surface area contributed by atoms with Gasteiger partial charge in [0.1, 0.15) is 5.75 Å². The molecule has 2 fully saturated rings. The number of hydrogen-bond donors (Lipinski definition) is 3. The molecule has 0 bridgehead atoms. The van der Waals surface area contributed by atoms with Gasteiger partial charge in [-0.15, -0.1) is 0 Å². The Hall–Kier alpha value is -4.62. The minimum absolute atomic E-state index is 0.0125. The average Bonchev–Trinajstić information content (AvgIpc) is 3.51. The molecule has 248 valence electrons. The van der Waals surface area contributed by atoms with Gasteiger partial charge in [0.2, 0.25) is 5.91 Å². The van der Waals surface area contributed by atoms with E-state index >= 15 is 0 Å². The molecule has 2 aromatic heterocycles. The second kappa shape index (κ2) is 14.0. The Morgan fingerprint density at radius 1 is 1.04 bits per heavy atom. The Kier molecular flexibility index (Phi) is 9.64. The lowest BCUT2D eigenvalue weighted by atomic mass is 9.89. The van der Waals surface area contributed by atoms with Crippen LogP contribution in [0.2, 0.25) is 0 Å². The average molecular weight is 649 g/mol. The standard InChI is InChI=1S/C34H38F2N6O5/c1-21-18-25(39-30-31-38-19-28(42(31)16-12-37-30)22-2-5-26(6-3-22)47-34(35)36)4-7-27(21)33(46)40-13-8-23(9-14-40)32(45)41-15-10-29(44)24(20-41)11-17-43/h2-7,12,16,18-19,23-24,29,34,43-44H,8-11,13-15,17,20H2,1H3,(H,37,39)/t24?,29-/m0/s1. The zero-order valence-electron chi connectivity index (χ0n) is 26.1. The van der Waals surface area contributed by atoms with Crippen LogP contribution in [0.4, 0.5) is 20.3 Å². The van der Waals surface area contributed by atoms with Gasteiger partial charge in [-0.05, 0) is 80.6 Å². The summed E-state index contributed by atoms with van der Waals surface area (Å²) in [6, 6.07) is 11.8.